The van der Waals surface area contributed by atoms with Crippen molar-refractivity contribution in [2.45, 2.75) is 174 Å². The molecule has 2 atom stereocenters. The predicted octanol–water partition coefficient (Wildman–Crippen LogP) is 5.06. The van der Waals surface area contributed by atoms with E-state index in [2.05, 4.69) is 62.7 Å². The first-order valence-corrected chi connectivity index (χ1v) is 18.6. The second kappa shape index (κ2) is 32.7. The first-order chi connectivity index (χ1) is 23.7. The summed E-state index contributed by atoms with van der Waals surface area (Å²) in [5, 5.41) is 14.6. The summed E-state index contributed by atoms with van der Waals surface area (Å²) in [6.45, 7) is 6.49. The maximum atomic E-state index is 13.3. The van der Waals surface area contributed by atoms with Crippen molar-refractivity contribution in [3.8, 4) is 0 Å². The Bertz CT molecular complexity index is 1010. The van der Waals surface area contributed by atoms with Gasteiger partial charge < -0.3 is 16.8 Å². The third kappa shape index (κ3) is 28.9. The molecule has 0 rings (SSSR count). The molecule has 0 aromatic carbocycles. The van der Waals surface area contributed by atoms with Gasteiger partial charge in [-0.2, -0.15) is 15.3 Å². The number of unbranched alkanes of at least 4 members (excludes halogenated alkanes) is 15. The maximum Gasteiger partial charge on any atom is 0.262 e. The molecular weight excluding hydrogens is 624 g/mol. The number of carbonyl (C=O) groups is 4. The minimum absolute atomic E-state index is 0.0231. The van der Waals surface area contributed by atoms with Gasteiger partial charge in [-0.05, 0) is 51.4 Å². The summed E-state index contributed by atoms with van der Waals surface area (Å²) in [7, 11) is 0. The fourth-order valence-electron chi connectivity index (χ4n) is 4.76. The van der Waals surface area contributed by atoms with Crippen LogP contribution in [0.1, 0.15) is 162 Å². The number of nitrogens with zero attached hydrogens (tertiary/aromatic N) is 4. The summed E-state index contributed by atoms with van der Waals surface area (Å²) in [6.07, 6.45) is 23.9. The van der Waals surface area contributed by atoms with Gasteiger partial charge in [-0.3, -0.25) is 19.2 Å². The molecule has 14 nitrogen and oxygen atoms in total. The number of aliphatic imine (C=N–C) groups is 1. The van der Waals surface area contributed by atoms with E-state index in [1.165, 1.54) is 44.9 Å². The van der Waals surface area contributed by atoms with Crippen LogP contribution in [0.2, 0.25) is 0 Å². The van der Waals surface area contributed by atoms with Gasteiger partial charge in [0.05, 0.1) is 0 Å². The largest absolute Gasteiger partial charge is 0.370 e. The minimum atomic E-state index is -1.14. The van der Waals surface area contributed by atoms with Crippen molar-refractivity contribution in [2.75, 3.05) is 0 Å². The summed E-state index contributed by atoms with van der Waals surface area (Å²) in [5.41, 5.74) is 18.5. The van der Waals surface area contributed by atoms with E-state index in [1.807, 2.05) is 0 Å². The molecule has 0 radical (unpaired) electrons. The molecular formula is C35H66N10O4. The smallest absolute Gasteiger partial charge is 0.262 e. The van der Waals surface area contributed by atoms with E-state index in [9.17, 15) is 19.2 Å². The Labute approximate surface area is 294 Å². The van der Waals surface area contributed by atoms with E-state index in [0.29, 0.717) is 6.42 Å². The van der Waals surface area contributed by atoms with E-state index in [1.54, 1.807) is 18.6 Å². The van der Waals surface area contributed by atoms with Crippen LogP contribution < -0.4 is 33.1 Å². The Hall–Kier alpha value is -3.84. The number of rotatable bonds is 31. The van der Waals surface area contributed by atoms with Crippen molar-refractivity contribution >= 4 is 48.2 Å². The van der Waals surface area contributed by atoms with Crippen LogP contribution in [0, 0.1) is 0 Å². The van der Waals surface area contributed by atoms with Gasteiger partial charge in [0.2, 0.25) is 17.7 Å². The first kappa shape index (κ1) is 45.2. The van der Waals surface area contributed by atoms with Crippen molar-refractivity contribution < 1.29 is 19.2 Å². The number of hydrogen-bond donors (Lipinski definition) is 6. The number of amides is 4. The molecule has 8 N–H and O–H groups in total. The van der Waals surface area contributed by atoms with Crippen LogP contribution in [-0.4, -0.2) is 60.3 Å². The highest BCUT2D eigenvalue weighted by Crippen LogP contribution is 2.08. The Morgan fingerprint density at radius 3 is 1.39 bits per heavy atom. The van der Waals surface area contributed by atoms with E-state index in [0.717, 1.165) is 64.2 Å². The van der Waals surface area contributed by atoms with Gasteiger partial charge in [0, 0.05) is 31.5 Å². The van der Waals surface area contributed by atoms with Crippen molar-refractivity contribution in [3.05, 3.63) is 0 Å². The van der Waals surface area contributed by atoms with Gasteiger partial charge in [0.25, 0.3) is 5.91 Å². The summed E-state index contributed by atoms with van der Waals surface area (Å²) >= 11 is 0. The lowest BCUT2D eigenvalue weighted by atomic mass is 10.1. The third-order valence-electron chi connectivity index (χ3n) is 7.68. The quantitative estimate of drug-likeness (QED) is 0.0253. The molecule has 280 valence electrons. The molecule has 0 unspecified atom stereocenters. The van der Waals surface area contributed by atoms with Crippen LogP contribution in [0.4, 0.5) is 0 Å². The molecule has 14 heteroatoms. The monoisotopic (exact) mass is 691 g/mol. The molecule has 0 bridgehead atoms. The van der Waals surface area contributed by atoms with Crippen molar-refractivity contribution in [2.24, 2.45) is 31.8 Å². The Morgan fingerprint density at radius 2 is 0.959 bits per heavy atom. The van der Waals surface area contributed by atoms with Crippen molar-refractivity contribution in [1.29, 1.82) is 0 Å². The van der Waals surface area contributed by atoms with E-state index in [4.69, 9.17) is 11.5 Å². The summed E-state index contributed by atoms with van der Waals surface area (Å²) < 4.78 is 0. The van der Waals surface area contributed by atoms with E-state index >= 15 is 0 Å². The average Bonchev–Trinajstić information content (AvgIpc) is 3.08. The molecule has 0 aromatic rings. The first-order valence-electron chi connectivity index (χ1n) is 18.6. The standard InChI is InChI=1S/C35H66N10O4/c1-4-7-10-13-16-19-26-38-43-31(46)24-22-29(42-35(36)37)33(48)41-30(34(49)45-40-28-21-18-15-12-9-6-3)23-25-32(47)44-39-27-20-17-14-11-8-5-2/h26-30H,4-25H2,1-3H3,(H,41,48)(H,43,46)(H,44,47)(H,45,49)(H4,36,37,42)/b38-26+,39-27+,40-28+/t29-,30-/m0/s1. The van der Waals surface area contributed by atoms with Crippen LogP contribution in [0.3, 0.4) is 0 Å². The van der Waals surface area contributed by atoms with E-state index < -0.39 is 35.7 Å². The maximum absolute atomic E-state index is 13.3. The number of nitrogens with one attached hydrogen (secondary N) is 4. The van der Waals surface area contributed by atoms with Crippen molar-refractivity contribution in [1.82, 2.24) is 21.6 Å². The van der Waals surface area contributed by atoms with Gasteiger partial charge >= 0.3 is 0 Å². The van der Waals surface area contributed by atoms with Crippen LogP contribution in [0.5, 0.6) is 0 Å². The van der Waals surface area contributed by atoms with Gasteiger partial charge in [-0.25, -0.2) is 21.3 Å². The number of hydrogen-bond acceptors (Lipinski definition) is 8. The molecule has 0 spiro atoms. The molecule has 4 amide bonds. The van der Waals surface area contributed by atoms with Gasteiger partial charge in [0.15, 0.2) is 5.96 Å². The number of hydrazone groups is 3. The molecule has 0 aliphatic heterocycles. The fourth-order valence-corrected chi connectivity index (χ4v) is 4.76. The molecule has 0 heterocycles. The van der Waals surface area contributed by atoms with Gasteiger partial charge in [-0.15, -0.1) is 0 Å². The highest BCUT2D eigenvalue weighted by Gasteiger charge is 2.26. The predicted molar refractivity (Wildman–Crippen MR) is 200 cm³/mol. The molecule has 0 aliphatic carbocycles. The second-order valence-corrected chi connectivity index (χ2v) is 12.3. The molecule has 0 fully saturated rings. The highest BCUT2D eigenvalue weighted by atomic mass is 16.2. The third-order valence-corrected chi connectivity index (χ3v) is 7.68. The zero-order chi connectivity index (χ0) is 36.4. The number of guanidine groups is 1. The van der Waals surface area contributed by atoms with E-state index in [-0.39, 0.29) is 31.6 Å². The van der Waals surface area contributed by atoms with Gasteiger partial charge in [0.1, 0.15) is 12.1 Å². The highest BCUT2D eigenvalue weighted by molar-refractivity contribution is 5.92. The molecule has 49 heavy (non-hydrogen) atoms. The van der Waals surface area contributed by atoms with Crippen molar-refractivity contribution in [3.63, 3.8) is 0 Å². The number of carbonyl (C=O) groups excluding carboxylic acids is 4. The normalized spacial score (nSPS) is 12.6. The Balaban J connectivity index is 5.19. The molecule has 0 aromatic heterocycles. The zero-order valence-corrected chi connectivity index (χ0v) is 30.5. The number of nitrogens with two attached hydrogens (primary N) is 2. The Kier molecular flexibility index (Phi) is 30.1. The average molecular weight is 691 g/mol. The molecule has 0 saturated carbocycles. The molecule has 0 saturated heterocycles. The summed E-state index contributed by atoms with van der Waals surface area (Å²) in [4.78, 5) is 55.1. The van der Waals surface area contributed by atoms with Gasteiger partial charge in [-0.1, -0.05) is 97.8 Å². The summed E-state index contributed by atoms with van der Waals surface area (Å²) in [6, 6.07) is -2.26. The topological polar surface area (TPSA) is 218 Å². The molecule has 0 aliphatic rings. The zero-order valence-electron chi connectivity index (χ0n) is 30.5. The lowest BCUT2D eigenvalue weighted by Gasteiger charge is -2.19. The van der Waals surface area contributed by atoms with Crippen LogP contribution in [-0.2, 0) is 19.2 Å². The van der Waals surface area contributed by atoms with Crippen LogP contribution >= 0.6 is 0 Å². The van der Waals surface area contributed by atoms with Crippen LogP contribution in [0.25, 0.3) is 0 Å². The lowest BCUT2D eigenvalue weighted by molar-refractivity contribution is -0.130. The Morgan fingerprint density at radius 1 is 0.551 bits per heavy atom. The fraction of sp³-hybridized carbons (Fsp3) is 0.771. The second-order valence-electron chi connectivity index (χ2n) is 12.3. The summed E-state index contributed by atoms with van der Waals surface area (Å²) in [5.74, 6) is -2.40. The lowest BCUT2D eigenvalue weighted by Crippen LogP contribution is -2.49. The van der Waals surface area contributed by atoms with Crippen LogP contribution in [0.15, 0.2) is 20.3 Å². The minimum Gasteiger partial charge on any atom is -0.370 e. The SMILES string of the molecule is CCCCCCC/C=N/NC(=O)CC[C@H](N=C(N)N)C(=O)N[C@@H](CCC(=O)N/N=C/CCCCCCC)C(=O)N/N=C/CCCCCCC.